The van der Waals surface area contributed by atoms with Gasteiger partial charge >= 0.3 is 5.69 Å². The number of hydrogen-bond acceptors (Lipinski definition) is 5. The number of nitrogens with zero attached hydrogens (tertiary/aromatic N) is 1. The number of primary amides is 1. The molecular formula is C7H11N5O3. The van der Waals surface area contributed by atoms with Crippen molar-refractivity contribution in [2.75, 3.05) is 5.32 Å². The molecule has 0 atom stereocenters. The lowest BCUT2D eigenvalue weighted by molar-refractivity contribution is -0.121. The van der Waals surface area contributed by atoms with Crippen LogP contribution < -0.4 is 22.3 Å². The van der Waals surface area contributed by atoms with Gasteiger partial charge in [0.25, 0.3) is 5.56 Å². The number of aromatic nitrogens is 3. The molecule has 0 unspecified atom stereocenters. The van der Waals surface area contributed by atoms with E-state index in [2.05, 4.69) is 10.4 Å². The molecule has 0 aliphatic heterocycles. The van der Waals surface area contributed by atoms with E-state index >= 15 is 0 Å². The van der Waals surface area contributed by atoms with E-state index in [-0.39, 0.29) is 5.82 Å². The van der Waals surface area contributed by atoms with Gasteiger partial charge in [-0.1, -0.05) is 0 Å². The smallest absolute Gasteiger partial charge is 0.342 e. The van der Waals surface area contributed by atoms with Gasteiger partial charge in [-0.3, -0.25) is 14.6 Å². The summed E-state index contributed by atoms with van der Waals surface area (Å²) >= 11 is 0. The Kier molecular flexibility index (Phi) is 2.60. The van der Waals surface area contributed by atoms with E-state index in [0.717, 1.165) is 0 Å². The number of carbonyl (C=O) groups is 1. The van der Waals surface area contributed by atoms with Gasteiger partial charge in [0.1, 0.15) is 5.54 Å². The highest BCUT2D eigenvalue weighted by atomic mass is 16.2. The average molecular weight is 213 g/mol. The number of nitrogens with one attached hydrogen (secondary N) is 3. The van der Waals surface area contributed by atoms with Gasteiger partial charge in [0.15, 0.2) is 0 Å². The third-order valence-corrected chi connectivity index (χ3v) is 1.76. The Balaban J connectivity index is 3.06. The summed E-state index contributed by atoms with van der Waals surface area (Å²) in [5.74, 6) is -0.812. The summed E-state index contributed by atoms with van der Waals surface area (Å²) in [6, 6.07) is 0. The highest BCUT2D eigenvalue weighted by molar-refractivity contribution is 5.86. The minimum Gasteiger partial charge on any atom is -0.368 e. The second kappa shape index (κ2) is 3.56. The summed E-state index contributed by atoms with van der Waals surface area (Å²) in [5.41, 5.74) is 2.52. The number of anilines is 1. The van der Waals surface area contributed by atoms with Gasteiger partial charge in [-0.05, 0) is 13.8 Å². The number of nitrogens with two attached hydrogens (primary N) is 1. The van der Waals surface area contributed by atoms with Crippen LogP contribution in [0.1, 0.15) is 13.8 Å². The maximum Gasteiger partial charge on any atom is 0.342 e. The lowest BCUT2D eigenvalue weighted by Gasteiger charge is -2.21. The minimum atomic E-state index is -1.13. The van der Waals surface area contributed by atoms with Crippen LogP contribution in [0, 0.1) is 0 Å². The molecule has 1 aromatic heterocycles. The fourth-order valence-corrected chi connectivity index (χ4v) is 0.790. The van der Waals surface area contributed by atoms with Gasteiger partial charge in [0.05, 0.1) is 0 Å². The van der Waals surface area contributed by atoms with Gasteiger partial charge in [0.2, 0.25) is 11.7 Å². The molecule has 1 amide bonds. The van der Waals surface area contributed by atoms with E-state index in [9.17, 15) is 14.4 Å². The molecule has 1 aromatic rings. The molecule has 0 bridgehead atoms. The van der Waals surface area contributed by atoms with Crippen LogP contribution in [0.5, 0.6) is 0 Å². The third kappa shape index (κ3) is 2.42. The molecule has 15 heavy (non-hydrogen) atoms. The van der Waals surface area contributed by atoms with Crippen LogP contribution in [-0.2, 0) is 4.79 Å². The monoisotopic (exact) mass is 213 g/mol. The van der Waals surface area contributed by atoms with E-state index in [1.807, 2.05) is 10.1 Å². The van der Waals surface area contributed by atoms with Crippen molar-refractivity contribution in [2.24, 2.45) is 5.73 Å². The zero-order chi connectivity index (χ0) is 11.6. The van der Waals surface area contributed by atoms with Crippen molar-refractivity contribution in [1.29, 1.82) is 0 Å². The van der Waals surface area contributed by atoms with E-state index in [1.165, 1.54) is 13.8 Å². The molecule has 0 aliphatic carbocycles. The molecule has 1 heterocycles. The molecule has 0 fully saturated rings. The Morgan fingerprint density at radius 3 is 2.53 bits per heavy atom. The van der Waals surface area contributed by atoms with Crippen LogP contribution in [0.25, 0.3) is 0 Å². The molecular weight excluding hydrogens is 202 g/mol. The lowest BCUT2D eigenvalue weighted by Crippen LogP contribution is -2.47. The maximum absolute atomic E-state index is 11.2. The molecule has 0 radical (unpaired) electrons. The number of rotatable bonds is 3. The third-order valence-electron chi connectivity index (χ3n) is 1.76. The maximum atomic E-state index is 11.2. The summed E-state index contributed by atoms with van der Waals surface area (Å²) in [6.45, 7) is 2.98. The Labute approximate surface area is 83.9 Å². The number of hydrogen-bond donors (Lipinski definition) is 4. The van der Waals surface area contributed by atoms with Crippen molar-refractivity contribution >= 4 is 11.7 Å². The highest BCUT2D eigenvalue weighted by Crippen LogP contribution is 2.06. The number of aromatic amines is 2. The van der Waals surface area contributed by atoms with Crippen LogP contribution in [-0.4, -0.2) is 26.6 Å². The number of H-pyrrole nitrogens is 2. The van der Waals surface area contributed by atoms with E-state index < -0.39 is 22.7 Å². The first kappa shape index (κ1) is 11.0. The standard InChI is InChI=1S/C7H11N5O3/c1-7(2,5(8)14)10-3-4(13)9-6(15)12-11-3/h1-2H3,(H2,8,14)(H,10,11)(H2,9,12,13,15). The first-order chi connectivity index (χ1) is 6.83. The zero-order valence-electron chi connectivity index (χ0n) is 8.25. The molecule has 8 heteroatoms. The zero-order valence-corrected chi connectivity index (χ0v) is 8.25. The molecule has 0 aromatic carbocycles. The lowest BCUT2D eigenvalue weighted by atomic mass is 10.1. The Morgan fingerprint density at radius 1 is 1.47 bits per heavy atom. The van der Waals surface area contributed by atoms with Gasteiger partial charge < -0.3 is 11.1 Å². The molecule has 0 saturated heterocycles. The van der Waals surface area contributed by atoms with Gasteiger partial charge in [0, 0.05) is 0 Å². The Morgan fingerprint density at radius 2 is 2.07 bits per heavy atom. The minimum absolute atomic E-state index is 0.168. The van der Waals surface area contributed by atoms with Crippen molar-refractivity contribution in [3.05, 3.63) is 20.8 Å². The quantitative estimate of drug-likeness (QED) is 0.467. The van der Waals surface area contributed by atoms with Crippen molar-refractivity contribution < 1.29 is 4.79 Å². The van der Waals surface area contributed by atoms with Gasteiger partial charge in [-0.25, -0.2) is 9.89 Å². The predicted octanol–water partition coefficient (Wildman–Crippen LogP) is -1.87. The Hall–Kier alpha value is -2.12. The van der Waals surface area contributed by atoms with E-state index in [4.69, 9.17) is 5.73 Å². The number of carbonyl (C=O) groups excluding carboxylic acids is 1. The van der Waals surface area contributed by atoms with Crippen LogP contribution in [0.15, 0.2) is 9.59 Å². The fraction of sp³-hybridized carbons (Fsp3) is 0.429. The molecule has 0 saturated carbocycles. The van der Waals surface area contributed by atoms with Crippen molar-refractivity contribution in [1.82, 2.24) is 15.2 Å². The van der Waals surface area contributed by atoms with E-state index in [0.29, 0.717) is 0 Å². The predicted molar refractivity (Wildman–Crippen MR) is 52.4 cm³/mol. The summed E-state index contributed by atoms with van der Waals surface area (Å²) in [6.07, 6.45) is 0. The second-order valence-electron chi connectivity index (χ2n) is 3.47. The molecule has 5 N–H and O–H groups in total. The Bertz CT molecular complexity index is 486. The summed E-state index contributed by atoms with van der Waals surface area (Å²) in [5, 5.41) is 7.99. The molecule has 1 rings (SSSR count). The van der Waals surface area contributed by atoms with Crippen molar-refractivity contribution in [3.63, 3.8) is 0 Å². The number of amides is 1. The topological polar surface area (TPSA) is 134 Å². The highest BCUT2D eigenvalue weighted by Gasteiger charge is 2.26. The molecule has 8 nitrogen and oxygen atoms in total. The van der Waals surface area contributed by atoms with Crippen molar-refractivity contribution in [3.8, 4) is 0 Å². The van der Waals surface area contributed by atoms with Gasteiger partial charge in [-0.2, -0.15) is 0 Å². The molecule has 0 aliphatic rings. The van der Waals surface area contributed by atoms with Crippen LogP contribution in [0.3, 0.4) is 0 Å². The first-order valence-electron chi connectivity index (χ1n) is 4.10. The summed E-state index contributed by atoms with van der Waals surface area (Å²) < 4.78 is 0. The van der Waals surface area contributed by atoms with Gasteiger partial charge in [-0.15, -0.1) is 5.10 Å². The fourth-order valence-electron chi connectivity index (χ4n) is 0.790. The largest absolute Gasteiger partial charge is 0.368 e. The van der Waals surface area contributed by atoms with Crippen molar-refractivity contribution in [2.45, 2.75) is 19.4 Å². The van der Waals surface area contributed by atoms with Crippen LogP contribution >= 0.6 is 0 Å². The second-order valence-corrected chi connectivity index (χ2v) is 3.47. The first-order valence-corrected chi connectivity index (χ1v) is 4.10. The summed E-state index contributed by atoms with van der Waals surface area (Å²) in [4.78, 5) is 34.7. The molecule has 0 spiro atoms. The average Bonchev–Trinajstić information content (AvgIpc) is 2.09. The molecule has 82 valence electrons. The summed E-state index contributed by atoms with van der Waals surface area (Å²) in [7, 11) is 0. The normalized spacial score (nSPS) is 11.1. The van der Waals surface area contributed by atoms with Crippen LogP contribution in [0.4, 0.5) is 5.82 Å². The SMILES string of the molecule is CC(C)(Nc1n[nH]c(=O)[nH]c1=O)C(N)=O. The van der Waals surface area contributed by atoms with Crippen LogP contribution in [0.2, 0.25) is 0 Å². The van der Waals surface area contributed by atoms with E-state index in [1.54, 1.807) is 0 Å².